The van der Waals surface area contributed by atoms with Crippen molar-refractivity contribution in [2.75, 3.05) is 7.11 Å². The van der Waals surface area contributed by atoms with E-state index >= 15 is 0 Å². The van der Waals surface area contributed by atoms with Gasteiger partial charge in [-0.1, -0.05) is 29.8 Å². The maximum absolute atomic E-state index is 12.1. The lowest BCUT2D eigenvalue weighted by molar-refractivity contribution is -0.148. The highest BCUT2D eigenvalue weighted by Crippen LogP contribution is 2.42. The Labute approximate surface area is 114 Å². The predicted octanol–water partition coefficient (Wildman–Crippen LogP) is 2.39. The van der Waals surface area contributed by atoms with Gasteiger partial charge in [-0.15, -0.1) is 0 Å². The molecular weight excluding hydrogens is 238 g/mol. The van der Waals surface area contributed by atoms with E-state index in [4.69, 9.17) is 4.74 Å². The van der Waals surface area contributed by atoms with Crippen LogP contribution in [-0.4, -0.2) is 25.2 Å². The number of methoxy groups -OCH3 is 1. The monoisotopic (exact) mass is 259 g/mol. The third-order valence-electron chi connectivity index (χ3n) is 4.66. The standard InChI is InChI=1S/C16H21NO2/c1-10-3-5-11(6-4-10)13-9-12-7-8-14(17-12)15(13)16(18)19-2/h3-6,12-15,17H,7-9H2,1-2H3/t12?,13-,14?,15?/m1/s1. The Bertz CT molecular complexity index is 468. The summed E-state index contributed by atoms with van der Waals surface area (Å²) >= 11 is 0. The van der Waals surface area contributed by atoms with Crippen LogP contribution < -0.4 is 5.32 Å². The van der Waals surface area contributed by atoms with E-state index in [1.165, 1.54) is 24.7 Å². The summed E-state index contributed by atoms with van der Waals surface area (Å²) in [6.45, 7) is 2.09. The number of hydrogen-bond acceptors (Lipinski definition) is 3. The summed E-state index contributed by atoms with van der Waals surface area (Å²) < 4.78 is 5.04. The number of benzene rings is 1. The van der Waals surface area contributed by atoms with Crippen LogP contribution in [0.4, 0.5) is 0 Å². The van der Waals surface area contributed by atoms with Crippen molar-refractivity contribution < 1.29 is 9.53 Å². The maximum Gasteiger partial charge on any atom is 0.310 e. The Morgan fingerprint density at radius 2 is 2.00 bits per heavy atom. The number of fused-ring (bicyclic) bond motifs is 2. The predicted molar refractivity (Wildman–Crippen MR) is 74.0 cm³/mol. The van der Waals surface area contributed by atoms with E-state index in [9.17, 15) is 4.79 Å². The molecule has 0 aromatic heterocycles. The summed E-state index contributed by atoms with van der Waals surface area (Å²) in [5.41, 5.74) is 2.54. The number of esters is 1. The van der Waals surface area contributed by atoms with Crippen LogP contribution in [0.5, 0.6) is 0 Å². The molecule has 0 radical (unpaired) electrons. The van der Waals surface area contributed by atoms with Crippen LogP contribution in [0.25, 0.3) is 0 Å². The molecule has 0 spiro atoms. The Morgan fingerprint density at radius 3 is 2.68 bits per heavy atom. The zero-order valence-electron chi connectivity index (χ0n) is 11.6. The summed E-state index contributed by atoms with van der Waals surface area (Å²) in [6, 6.07) is 9.46. The van der Waals surface area contributed by atoms with Gasteiger partial charge in [0.25, 0.3) is 0 Å². The number of ether oxygens (including phenoxy) is 1. The van der Waals surface area contributed by atoms with Crippen molar-refractivity contribution >= 4 is 5.97 Å². The number of carbonyl (C=O) groups excluding carboxylic acids is 1. The molecule has 2 saturated heterocycles. The molecule has 3 rings (SSSR count). The zero-order chi connectivity index (χ0) is 13.4. The van der Waals surface area contributed by atoms with Crippen molar-refractivity contribution in [1.29, 1.82) is 0 Å². The number of aryl methyl sites for hydroxylation is 1. The smallest absolute Gasteiger partial charge is 0.310 e. The molecule has 3 nitrogen and oxygen atoms in total. The van der Waals surface area contributed by atoms with Crippen molar-refractivity contribution in [3.05, 3.63) is 35.4 Å². The van der Waals surface area contributed by atoms with E-state index in [-0.39, 0.29) is 17.9 Å². The zero-order valence-corrected chi connectivity index (χ0v) is 11.6. The van der Waals surface area contributed by atoms with Crippen molar-refractivity contribution in [3.63, 3.8) is 0 Å². The molecule has 4 atom stereocenters. The van der Waals surface area contributed by atoms with E-state index in [1.807, 2.05) is 0 Å². The SMILES string of the molecule is COC(=O)C1C2CCC(C[C@@H]1c1ccc(C)cc1)N2. The van der Waals surface area contributed by atoms with Gasteiger partial charge in [0.15, 0.2) is 0 Å². The molecule has 3 heteroatoms. The van der Waals surface area contributed by atoms with E-state index in [0.717, 1.165) is 12.8 Å². The molecule has 2 bridgehead atoms. The van der Waals surface area contributed by atoms with Crippen molar-refractivity contribution in [3.8, 4) is 0 Å². The van der Waals surface area contributed by atoms with Crippen LogP contribution in [-0.2, 0) is 9.53 Å². The molecule has 2 fully saturated rings. The quantitative estimate of drug-likeness (QED) is 0.829. The summed E-state index contributed by atoms with van der Waals surface area (Å²) in [5.74, 6) is 0.196. The van der Waals surface area contributed by atoms with Crippen molar-refractivity contribution in [1.82, 2.24) is 5.32 Å². The van der Waals surface area contributed by atoms with E-state index < -0.39 is 0 Å². The first-order valence-corrected chi connectivity index (χ1v) is 7.09. The van der Waals surface area contributed by atoms with Gasteiger partial charge in [-0.25, -0.2) is 0 Å². The molecule has 2 heterocycles. The first kappa shape index (κ1) is 12.7. The molecular formula is C16H21NO2. The number of rotatable bonds is 2. The molecule has 3 unspecified atom stereocenters. The Hall–Kier alpha value is -1.35. The molecule has 0 amide bonds. The molecule has 0 aliphatic carbocycles. The molecule has 1 N–H and O–H groups in total. The molecule has 19 heavy (non-hydrogen) atoms. The lowest BCUT2D eigenvalue weighted by Crippen LogP contribution is -2.48. The topological polar surface area (TPSA) is 38.3 Å². The van der Waals surface area contributed by atoms with Gasteiger partial charge in [0.05, 0.1) is 13.0 Å². The molecule has 2 aliphatic heterocycles. The first-order chi connectivity index (χ1) is 9.19. The number of carbonyl (C=O) groups is 1. The second kappa shape index (κ2) is 4.97. The minimum absolute atomic E-state index is 0.0357. The van der Waals surface area contributed by atoms with Gasteiger partial charge in [-0.05, 0) is 31.7 Å². The number of nitrogens with one attached hydrogen (secondary N) is 1. The highest BCUT2D eigenvalue weighted by atomic mass is 16.5. The first-order valence-electron chi connectivity index (χ1n) is 7.09. The van der Waals surface area contributed by atoms with Gasteiger partial charge in [-0.3, -0.25) is 4.79 Å². The van der Waals surface area contributed by atoms with Gasteiger partial charge in [0.2, 0.25) is 0 Å². The number of hydrogen-bond donors (Lipinski definition) is 1. The largest absolute Gasteiger partial charge is 0.469 e. The van der Waals surface area contributed by atoms with Crippen LogP contribution in [0.15, 0.2) is 24.3 Å². The average molecular weight is 259 g/mol. The normalized spacial score (nSPS) is 33.2. The van der Waals surface area contributed by atoms with E-state index in [2.05, 4.69) is 36.5 Å². The fourth-order valence-electron chi connectivity index (χ4n) is 3.67. The fourth-order valence-corrected chi connectivity index (χ4v) is 3.67. The van der Waals surface area contributed by atoms with Crippen molar-refractivity contribution in [2.45, 2.75) is 44.2 Å². The summed E-state index contributed by atoms with van der Waals surface area (Å²) in [5, 5.41) is 3.57. The van der Waals surface area contributed by atoms with Crippen LogP contribution in [0.2, 0.25) is 0 Å². The fraction of sp³-hybridized carbons (Fsp3) is 0.562. The minimum atomic E-state index is -0.0663. The molecule has 2 aliphatic rings. The summed E-state index contributed by atoms with van der Waals surface area (Å²) in [7, 11) is 1.50. The highest BCUT2D eigenvalue weighted by Gasteiger charge is 2.46. The third kappa shape index (κ3) is 2.27. The Kier molecular flexibility index (Phi) is 3.31. The highest BCUT2D eigenvalue weighted by molar-refractivity contribution is 5.75. The van der Waals surface area contributed by atoms with Gasteiger partial charge >= 0.3 is 5.97 Å². The van der Waals surface area contributed by atoms with E-state index in [0.29, 0.717) is 12.0 Å². The molecule has 0 saturated carbocycles. The lowest BCUT2D eigenvalue weighted by atomic mass is 9.77. The second-order valence-corrected chi connectivity index (χ2v) is 5.85. The summed E-state index contributed by atoms with van der Waals surface area (Å²) in [6.07, 6.45) is 3.31. The van der Waals surface area contributed by atoms with Crippen LogP contribution in [0, 0.1) is 12.8 Å². The summed E-state index contributed by atoms with van der Waals surface area (Å²) in [4.78, 5) is 12.1. The van der Waals surface area contributed by atoms with Crippen molar-refractivity contribution in [2.24, 2.45) is 5.92 Å². The Morgan fingerprint density at radius 1 is 1.26 bits per heavy atom. The maximum atomic E-state index is 12.1. The number of piperidine rings is 1. The second-order valence-electron chi connectivity index (χ2n) is 5.85. The average Bonchev–Trinajstić information content (AvgIpc) is 2.80. The van der Waals surface area contributed by atoms with Gasteiger partial charge < -0.3 is 10.1 Å². The molecule has 1 aromatic carbocycles. The third-order valence-corrected chi connectivity index (χ3v) is 4.66. The van der Waals surface area contributed by atoms with Gasteiger partial charge in [0.1, 0.15) is 0 Å². The lowest BCUT2D eigenvalue weighted by Gasteiger charge is -2.36. The van der Waals surface area contributed by atoms with Crippen LogP contribution in [0.3, 0.4) is 0 Å². The van der Waals surface area contributed by atoms with Crippen LogP contribution in [0.1, 0.15) is 36.3 Å². The Balaban J connectivity index is 1.92. The van der Waals surface area contributed by atoms with Gasteiger partial charge in [-0.2, -0.15) is 0 Å². The van der Waals surface area contributed by atoms with Gasteiger partial charge in [0, 0.05) is 18.0 Å². The minimum Gasteiger partial charge on any atom is -0.469 e. The molecule has 1 aromatic rings. The van der Waals surface area contributed by atoms with E-state index in [1.54, 1.807) is 0 Å². The molecule has 102 valence electrons. The van der Waals surface area contributed by atoms with Crippen LogP contribution >= 0.6 is 0 Å².